The number of nitrogens with two attached hydrogens (primary N) is 1. The lowest BCUT2D eigenvalue weighted by Crippen LogP contribution is -2.53. The van der Waals surface area contributed by atoms with Gasteiger partial charge in [0.25, 0.3) is 0 Å². The molecule has 3 nitrogen and oxygen atoms in total. The minimum absolute atomic E-state index is 0.353. The summed E-state index contributed by atoms with van der Waals surface area (Å²) in [4.78, 5) is 2.53. The molecule has 13 heavy (non-hydrogen) atoms. The van der Waals surface area contributed by atoms with Crippen LogP contribution < -0.4 is 5.73 Å². The Balaban J connectivity index is 1.99. The molecular formula is C10H20N2O. The lowest BCUT2D eigenvalue weighted by atomic mass is 10.1. The van der Waals surface area contributed by atoms with E-state index in [9.17, 15) is 0 Å². The largest absolute Gasteiger partial charge is 0.373 e. The molecule has 0 aromatic rings. The first-order valence-electron chi connectivity index (χ1n) is 5.27. The molecule has 0 radical (unpaired) electrons. The van der Waals surface area contributed by atoms with E-state index in [2.05, 4.69) is 18.7 Å². The summed E-state index contributed by atoms with van der Waals surface area (Å²) in [5.41, 5.74) is 6.16. The monoisotopic (exact) mass is 184 g/mol. The van der Waals surface area contributed by atoms with E-state index in [-0.39, 0.29) is 0 Å². The molecule has 3 heteroatoms. The average Bonchev–Trinajstić information content (AvgIpc) is 2.82. The molecule has 1 saturated carbocycles. The smallest absolute Gasteiger partial charge is 0.0678 e. The SMILES string of the molecule is CC1CN(C2(CN)CC2)CC(C)O1. The van der Waals surface area contributed by atoms with Gasteiger partial charge in [-0.3, -0.25) is 4.90 Å². The third kappa shape index (κ3) is 1.73. The van der Waals surface area contributed by atoms with E-state index in [4.69, 9.17) is 10.5 Å². The normalized spacial score (nSPS) is 39.0. The van der Waals surface area contributed by atoms with E-state index in [1.165, 1.54) is 12.8 Å². The molecule has 2 unspecified atom stereocenters. The van der Waals surface area contributed by atoms with E-state index in [0.717, 1.165) is 19.6 Å². The first kappa shape index (κ1) is 9.44. The summed E-state index contributed by atoms with van der Waals surface area (Å²) in [6, 6.07) is 0. The van der Waals surface area contributed by atoms with Crippen molar-refractivity contribution in [2.75, 3.05) is 19.6 Å². The van der Waals surface area contributed by atoms with E-state index in [0.29, 0.717) is 17.7 Å². The fourth-order valence-electron chi connectivity index (χ4n) is 2.36. The number of rotatable bonds is 2. The maximum Gasteiger partial charge on any atom is 0.0678 e. The van der Waals surface area contributed by atoms with Gasteiger partial charge in [-0.1, -0.05) is 0 Å². The minimum atomic E-state index is 0.353. The van der Waals surface area contributed by atoms with Gasteiger partial charge in [-0.2, -0.15) is 0 Å². The second-order valence-electron chi connectivity index (χ2n) is 4.59. The van der Waals surface area contributed by atoms with Crippen LogP contribution >= 0.6 is 0 Å². The second kappa shape index (κ2) is 3.23. The van der Waals surface area contributed by atoms with Crippen molar-refractivity contribution >= 4 is 0 Å². The number of morpholine rings is 1. The molecule has 1 aliphatic carbocycles. The molecule has 0 amide bonds. The molecule has 2 rings (SSSR count). The fourth-order valence-corrected chi connectivity index (χ4v) is 2.36. The van der Waals surface area contributed by atoms with E-state index < -0.39 is 0 Å². The highest BCUT2D eigenvalue weighted by Crippen LogP contribution is 2.41. The first-order chi connectivity index (χ1) is 6.16. The molecule has 0 aromatic heterocycles. The molecule has 2 aliphatic rings. The third-order valence-corrected chi connectivity index (χ3v) is 3.30. The molecule has 76 valence electrons. The molecular weight excluding hydrogens is 164 g/mol. The predicted octanol–water partition coefficient (Wildman–Crippen LogP) is 0.587. The molecule has 0 aromatic carbocycles. The van der Waals surface area contributed by atoms with Gasteiger partial charge in [0, 0.05) is 25.2 Å². The third-order valence-electron chi connectivity index (χ3n) is 3.30. The number of hydrogen-bond donors (Lipinski definition) is 1. The van der Waals surface area contributed by atoms with Crippen molar-refractivity contribution in [2.45, 2.75) is 44.4 Å². The van der Waals surface area contributed by atoms with Crippen LogP contribution in [0, 0.1) is 0 Å². The molecule has 1 heterocycles. The second-order valence-corrected chi connectivity index (χ2v) is 4.59. The van der Waals surface area contributed by atoms with Crippen molar-refractivity contribution in [2.24, 2.45) is 5.73 Å². The van der Waals surface area contributed by atoms with Crippen LogP contribution in [0.1, 0.15) is 26.7 Å². The number of ether oxygens (including phenoxy) is 1. The van der Waals surface area contributed by atoms with Gasteiger partial charge < -0.3 is 10.5 Å². The Labute approximate surface area is 80.2 Å². The quantitative estimate of drug-likeness (QED) is 0.682. The predicted molar refractivity (Wildman–Crippen MR) is 52.6 cm³/mol. The fraction of sp³-hybridized carbons (Fsp3) is 1.00. The molecule has 2 fully saturated rings. The zero-order valence-electron chi connectivity index (χ0n) is 8.62. The van der Waals surface area contributed by atoms with Crippen molar-refractivity contribution in [3.8, 4) is 0 Å². The van der Waals surface area contributed by atoms with Crippen molar-refractivity contribution in [1.29, 1.82) is 0 Å². The maximum absolute atomic E-state index is 5.81. The summed E-state index contributed by atoms with van der Waals surface area (Å²) in [6.07, 6.45) is 3.30. The highest BCUT2D eigenvalue weighted by molar-refractivity contribution is 5.06. The van der Waals surface area contributed by atoms with Crippen LogP contribution in [0.4, 0.5) is 0 Å². The number of nitrogens with zero attached hydrogens (tertiary/aromatic N) is 1. The van der Waals surface area contributed by atoms with Gasteiger partial charge in [0.05, 0.1) is 12.2 Å². The Hall–Kier alpha value is -0.120. The van der Waals surface area contributed by atoms with Gasteiger partial charge in [-0.25, -0.2) is 0 Å². The standard InChI is InChI=1S/C10H20N2O/c1-8-5-12(6-9(2)13-8)10(7-11)3-4-10/h8-9H,3-7,11H2,1-2H3. The van der Waals surface area contributed by atoms with Crippen LogP contribution in [0.25, 0.3) is 0 Å². The summed E-state index contributed by atoms with van der Waals surface area (Å²) in [5, 5.41) is 0. The highest BCUT2D eigenvalue weighted by atomic mass is 16.5. The summed E-state index contributed by atoms with van der Waals surface area (Å²) < 4.78 is 5.70. The van der Waals surface area contributed by atoms with Crippen molar-refractivity contribution in [3.63, 3.8) is 0 Å². The molecule has 1 aliphatic heterocycles. The lowest BCUT2D eigenvalue weighted by Gasteiger charge is -2.40. The minimum Gasteiger partial charge on any atom is -0.373 e. The Bertz CT molecular complexity index is 181. The Morgan fingerprint density at radius 1 is 1.31 bits per heavy atom. The Morgan fingerprint density at radius 3 is 2.23 bits per heavy atom. The summed E-state index contributed by atoms with van der Waals surface area (Å²) in [5.74, 6) is 0. The molecule has 0 spiro atoms. The van der Waals surface area contributed by atoms with E-state index >= 15 is 0 Å². The average molecular weight is 184 g/mol. The topological polar surface area (TPSA) is 38.5 Å². The first-order valence-corrected chi connectivity index (χ1v) is 5.27. The highest BCUT2D eigenvalue weighted by Gasteiger charge is 2.48. The van der Waals surface area contributed by atoms with Crippen molar-refractivity contribution in [1.82, 2.24) is 4.90 Å². The lowest BCUT2D eigenvalue weighted by molar-refractivity contribution is -0.0835. The van der Waals surface area contributed by atoms with Crippen LogP contribution in [0.5, 0.6) is 0 Å². The van der Waals surface area contributed by atoms with Crippen LogP contribution in [0.3, 0.4) is 0 Å². The van der Waals surface area contributed by atoms with Crippen molar-refractivity contribution in [3.05, 3.63) is 0 Å². The van der Waals surface area contributed by atoms with Crippen LogP contribution in [0.2, 0.25) is 0 Å². The van der Waals surface area contributed by atoms with Gasteiger partial charge in [-0.05, 0) is 26.7 Å². The van der Waals surface area contributed by atoms with Crippen molar-refractivity contribution < 1.29 is 4.74 Å². The summed E-state index contributed by atoms with van der Waals surface area (Å²) in [7, 11) is 0. The Kier molecular flexibility index (Phi) is 2.34. The summed E-state index contributed by atoms with van der Waals surface area (Å²) in [6.45, 7) is 7.22. The van der Waals surface area contributed by atoms with Crippen LogP contribution in [0.15, 0.2) is 0 Å². The van der Waals surface area contributed by atoms with Gasteiger partial charge in [0.1, 0.15) is 0 Å². The molecule has 0 bridgehead atoms. The molecule has 1 saturated heterocycles. The van der Waals surface area contributed by atoms with Gasteiger partial charge >= 0.3 is 0 Å². The van der Waals surface area contributed by atoms with E-state index in [1.807, 2.05) is 0 Å². The molecule has 2 atom stereocenters. The number of hydrogen-bond acceptors (Lipinski definition) is 3. The zero-order valence-corrected chi connectivity index (χ0v) is 8.62. The zero-order chi connectivity index (χ0) is 9.47. The summed E-state index contributed by atoms with van der Waals surface area (Å²) >= 11 is 0. The van der Waals surface area contributed by atoms with Gasteiger partial charge in [-0.15, -0.1) is 0 Å². The van der Waals surface area contributed by atoms with Crippen LogP contribution in [-0.2, 0) is 4.74 Å². The van der Waals surface area contributed by atoms with Crippen LogP contribution in [-0.4, -0.2) is 42.3 Å². The van der Waals surface area contributed by atoms with E-state index in [1.54, 1.807) is 0 Å². The van der Waals surface area contributed by atoms with Gasteiger partial charge in [0.15, 0.2) is 0 Å². The van der Waals surface area contributed by atoms with Gasteiger partial charge in [0.2, 0.25) is 0 Å². The molecule has 2 N–H and O–H groups in total. The maximum atomic E-state index is 5.81. The Morgan fingerprint density at radius 2 is 1.85 bits per heavy atom.